The summed E-state index contributed by atoms with van der Waals surface area (Å²) in [4.78, 5) is 2.48. The number of aliphatic hydroxyl groups is 1. The Morgan fingerprint density at radius 1 is 1.44 bits per heavy atom. The molecule has 94 valence electrons. The first-order valence-electron chi connectivity index (χ1n) is 6.68. The fraction of sp³-hybridized carbons (Fsp3) is 1.00. The Labute approximate surface area is 99.0 Å². The van der Waals surface area contributed by atoms with E-state index in [4.69, 9.17) is 5.73 Å². The molecule has 3 N–H and O–H groups in total. The summed E-state index contributed by atoms with van der Waals surface area (Å²) in [5.74, 6) is 1.46. The second kappa shape index (κ2) is 4.63. The van der Waals surface area contributed by atoms with Crippen LogP contribution in [0.1, 0.15) is 39.5 Å². The minimum Gasteiger partial charge on any atom is -0.389 e. The van der Waals surface area contributed by atoms with Crippen LogP contribution in [0, 0.1) is 11.8 Å². The molecular formula is C13H26N2O. The summed E-state index contributed by atoms with van der Waals surface area (Å²) in [5, 5.41) is 10.0. The van der Waals surface area contributed by atoms with Crippen LogP contribution in [0.5, 0.6) is 0 Å². The van der Waals surface area contributed by atoms with Crippen molar-refractivity contribution in [3.63, 3.8) is 0 Å². The van der Waals surface area contributed by atoms with Gasteiger partial charge in [-0.1, -0.05) is 13.3 Å². The molecule has 0 aromatic heterocycles. The lowest BCUT2D eigenvalue weighted by Crippen LogP contribution is -2.46. The van der Waals surface area contributed by atoms with E-state index in [1.54, 1.807) is 0 Å². The molecule has 1 aliphatic carbocycles. The minimum absolute atomic E-state index is 0.472. The van der Waals surface area contributed by atoms with Gasteiger partial charge in [0, 0.05) is 19.1 Å². The van der Waals surface area contributed by atoms with Gasteiger partial charge in [0.1, 0.15) is 0 Å². The molecule has 4 atom stereocenters. The predicted octanol–water partition coefficient (Wildman–Crippen LogP) is 1.21. The van der Waals surface area contributed by atoms with Crippen molar-refractivity contribution in [2.45, 2.75) is 51.2 Å². The van der Waals surface area contributed by atoms with Gasteiger partial charge < -0.3 is 10.8 Å². The molecule has 1 aliphatic heterocycles. The van der Waals surface area contributed by atoms with Crippen molar-refractivity contribution >= 4 is 0 Å². The average molecular weight is 226 g/mol. The van der Waals surface area contributed by atoms with Gasteiger partial charge in [0.2, 0.25) is 0 Å². The van der Waals surface area contributed by atoms with Gasteiger partial charge in [-0.25, -0.2) is 0 Å². The summed E-state index contributed by atoms with van der Waals surface area (Å²) in [6.45, 7) is 6.97. The molecule has 3 nitrogen and oxygen atoms in total. The standard InChI is InChI=1S/C13H26N2O/c1-10-3-4-11(8-14)12(7-10)15-6-5-13(2,16)9-15/h10-12,16H,3-9,14H2,1-2H3. The van der Waals surface area contributed by atoms with Gasteiger partial charge in [-0.15, -0.1) is 0 Å². The number of likely N-dealkylation sites (tertiary alicyclic amines) is 1. The number of β-amino-alcohol motifs (C(OH)–C–C–N with tert-alkyl or cyclic N) is 1. The highest BCUT2D eigenvalue weighted by Crippen LogP contribution is 2.35. The van der Waals surface area contributed by atoms with E-state index >= 15 is 0 Å². The maximum Gasteiger partial charge on any atom is 0.0758 e. The van der Waals surface area contributed by atoms with Gasteiger partial charge in [0.25, 0.3) is 0 Å². The number of rotatable bonds is 2. The van der Waals surface area contributed by atoms with E-state index < -0.39 is 5.60 Å². The second-order valence-electron chi connectivity index (χ2n) is 6.20. The third kappa shape index (κ3) is 2.58. The molecule has 0 spiro atoms. The summed E-state index contributed by atoms with van der Waals surface area (Å²) < 4.78 is 0. The zero-order valence-electron chi connectivity index (χ0n) is 10.7. The van der Waals surface area contributed by atoms with Crippen LogP contribution in [0.25, 0.3) is 0 Å². The van der Waals surface area contributed by atoms with Crippen molar-refractivity contribution in [1.82, 2.24) is 4.90 Å². The molecule has 2 aliphatic rings. The first-order valence-corrected chi connectivity index (χ1v) is 6.68. The topological polar surface area (TPSA) is 49.5 Å². The van der Waals surface area contributed by atoms with E-state index in [2.05, 4.69) is 11.8 Å². The van der Waals surface area contributed by atoms with Gasteiger partial charge in [0.05, 0.1) is 5.60 Å². The van der Waals surface area contributed by atoms with Crippen LogP contribution in [-0.2, 0) is 0 Å². The van der Waals surface area contributed by atoms with E-state index in [9.17, 15) is 5.11 Å². The largest absolute Gasteiger partial charge is 0.389 e. The zero-order valence-corrected chi connectivity index (χ0v) is 10.7. The van der Waals surface area contributed by atoms with Gasteiger partial charge in [-0.3, -0.25) is 4.90 Å². The highest BCUT2D eigenvalue weighted by atomic mass is 16.3. The van der Waals surface area contributed by atoms with Crippen LogP contribution in [0.3, 0.4) is 0 Å². The molecule has 0 aromatic rings. The number of nitrogens with two attached hydrogens (primary N) is 1. The van der Waals surface area contributed by atoms with Gasteiger partial charge in [-0.2, -0.15) is 0 Å². The van der Waals surface area contributed by atoms with E-state index in [-0.39, 0.29) is 0 Å². The quantitative estimate of drug-likeness (QED) is 0.744. The summed E-state index contributed by atoms with van der Waals surface area (Å²) in [5.41, 5.74) is 5.41. The van der Waals surface area contributed by atoms with Gasteiger partial charge in [-0.05, 0) is 44.6 Å². The molecule has 16 heavy (non-hydrogen) atoms. The van der Waals surface area contributed by atoms with Gasteiger partial charge >= 0.3 is 0 Å². The number of hydrogen-bond donors (Lipinski definition) is 2. The molecule has 3 heteroatoms. The summed E-state index contributed by atoms with van der Waals surface area (Å²) in [7, 11) is 0. The minimum atomic E-state index is -0.472. The predicted molar refractivity (Wildman–Crippen MR) is 66.2 cm³/mol. The first kappa shape index (κ1) is 12.3. The Bertz CT molecular complexity index is 242. The normalized spacial score (nSPS) is 46.1. The van der Waals surface area contributed by atoms with Crippen molar-refractivity contribution in [2.75, 3.05) is 19.6 Å². The maximum absolute atomic E-state index is 10.0. The lowest BCUT2D eigenvalue weighted by molar-refractivity contribution is 0.0434. The summed E-state index contributed by atoms with van der Waals surface area (Å²) in [6.07, 6.45) is 4.76. The molecule has 1 heterocycles. The SMILES string of the molecule is CC1CCC(CN)C(N2CCC(C)(O)C2)C1. The van der Waals surface area contributed by atoms with Crippen molar-refractivity contribution in [3.8, 4) is 0 Å². The summed E-state index contributed by atoms with van der Waals surface area (Å²) >= 11 is 0. The van der Waals surface area contributed by atoms with Crippen LogP contribution in [0.2, 0.25) is 0 Å². The monoisotopic (exact) mass is 226 g/mol. The molecule has 0 amide bonds. The first-order chi connectivity index (χ1) is 7.52. The Hall–Kier alpha value is -0.120. The molecular weight excluding hydrogens is 200 g/mol. The van der Waals surface area contributed by atoms with Crippen LogP contribution < -0.4 is 5.73 Å². The zero-order chi connectivity index (χ0) is 11.8. The average Bonchev–Trinajstić information content (AvgIpc) is 2.59. The number of nitrogens with zero attached hydrogens (tertiary/aromatic N) is 1. The molecule has 4 unspecified atom stereocenters. The molecule has 1 saturated heterocycles. The lowest BCUT2D eigenvalue weighted by atomic mass is 9.78. The highest BCUT2D eigenvalue weighted by molar-refractivity contribution is 4.94. The third-order valence-electron chi connectivity index (χ3n) is 4.47. The Morgan fingerprint density at radius 3 is 2.75 bits per heavy atom. The van der Waals surface area contributed by atoms with Gasteiger partial charge in [0.15, 0.2) is 0 Å². The van der Waals surface area contributed by atoms with Crippen molar-refractivity contribution < 1.29 is 5.11 Å². The molecule has 0 radical (unpaired) electrons. The fourth-order valence-electron chi connectivity index (χ4n) is 3.40. The van der Waals surface area contributed by atoms with E-state index in [1.807, 2.05) is 6.92 Å². The smallest absolute Gasteiger partial charge is 0.0758 e. The Kier molecular flexibility index (Phi) is 3.57. The molecule has 0 bridgehead atoms. The highest BCUT2D eigenvalue weighted by Gasteiger charge is 2.39. The van der Waals surface area contributed by atoms with Crippen LogP contribution in [0.4, 0.5) is 0 Å². The van der Waals surface area contributed by atoms with Crippen molar-refractivity contribution in [3.05, 3.63) is 0 Å². The molecule has 2 rings (SSSR count). The molecule has 2 fully saturated rings. The Balaban J connectivity index is 2.00. The third-order valence-corrected chi connectivity index (χ3v) is 4.47. The molecule has 1 saturated carbocycles. The van der Waals surface area contributed by atoms with E-state index in [0.717, 1.165) is 32.0 Å². The van der Waals surface area contributed by atoms with E-state index in [0.29, 0.717) is 12.0 Å². The number of hydrogen-bond acceptors (Lipinski definition) is 3. The van der Waals surface area contributed by atoms with E-state index in [1.165, 1.54) is 19.3 Å². The second-order valence-corrected chi connectivity index (χ2v) is 6.20. The molecule has 0 aromatic carbocycles. The Morgan fingerprint density at radius 2 is 2.19 bits per heavy atom. The lowest BCUT2D eigenvalue weighted by Gasteiger charge is -2.40. The fourth-order valence-corrected chi connectivity index (χ4v) is 3.40. The summed E-state index contributed by atoms with van der Waals surface area (Å²) in [6, 6.07) is 0.614. The van der Waals surface area contributed by atoms with Crippen LogP contribution in [-0.4, -0.2) is 41.3 Å². The maximum atomic E-state index is 10.0. The van der Waals surface area contributed by atoms with Crippen LogP contribution >= 0.6 is 0 Å². The van der Waals surface area contributed by atoms with Crippen molar-refractivity contribution in [1.29, 1.82) is 0 Å². The van der Waals surface area contributed by atoms with Crippen LogP contribution in [0.15, 0.2) is 0 Å². The van der Waals surface area contributed by atoms with Crippen molar-refractivity contribution in [2.24, 2.45) is 17.6 Å².